The zero-order valence-electron chi connectivity index (χ0n) is 15.1. The van der Waals surface area contributed by atoms with E-state index in [2.05, 4.69) is 10.2 Å². The number of carbonyl (C=O) groups excluding carboxylic acids is 1. The average Bonchev–Trinajstić information content (AvgIpc) is 3.30. The number of ether oxygens (including phenoxy) is 2. The number of aromatic amines is 1. The zero-order chi connectivity index (χ0) is 18.5. The number of rotatable bonds is 7. The molecule has 140 valence electrons. The van der Waals surface area contributed by atoms with Crippen LogP contribution in [0.25, 0.3) is 11.4 Å². The molecule has 1 unspecified atom stereocenters. The number of benzene rings is 1. The molecule has 0 aliphatic carbocycles. The van der Waals surface area contributed by atoms with E-state index >= 15 is 0 Å². The molecule has 0 spiro atoms. The highest BCUT2D eigenvalue weighted by Gasteiger charge is 2.22. The van der Waals surface area contributed by atoms with Crippen LogP contribution in [0.5, 0.6) is 5.75 Å². The summed E-state index contributed by atoms with van der Waals surface area (Å²) in [5.74, 6) is 1.41. The fraction of sp³-hybridized carbons (Fsp3) is 0.500. The molecule has 1 fully saturated rings. The standard InChI is InChI=1S/C18H24N4O3S/c1-3-21(11-15-5-4-10-25-15)16(23)12-22-17(19-20-18(22)26)13-6-8-14(24-2)9-7-13/h6-9,15H,3-5,10-12H2,1-2H3,(H,20,26). The van der Waals surface area contributed by atoms with E-state index in [-0.39, 0.29) is 18.6 Å². The first-order valence-corrected chi connectivity index (χ1v) is 9.22. The van der Waals surface area contributed by atoms with Crippen molar-refractivity contribution in [3.63, 3.8) is 0 Å². The summed E-state index contributed by atoms with van der Waals surface area (Å²) < 4.78 is 13.0. The van der Waals surface area contributed by atoms with Gasteiger partial charge < -0.3 is 14.4 Å². The second-order valence-corrected chi connectivity index (χ2v) is 6.62. The highest BCUT2D eigenvalue weighted by atomic mass is 32.1. The molecule has 1 saturated heterocycles. The quantitative estimate of drug-likeness (QED) is 0.752. The minimum Gasteiger partial charge on any atom is -0.497 e. The molecule has 0 radical (unpaired) electrons. The summed E-state index contributed by atoms with van der Waals surface area (Å²) in [7, 11) is 1.62. The Hall–Kier alpha value is -2.19. The van der Waals surface area contributed by atoms with E-state index in [9.17, 15) is 4.79 Å². The van der Waals surface area contributed by atoms with Gasteiger partial charge in [0.1, 0.15) is 12.3 Å². The fourth-order valence-corrected chi connectivity index (χ4v) is 3.30. The molecule has 26 heavy (non-hydrogen) atoms. The SMILES string of the molecule is CCN(CC1CCCO1)C(=O)Cn1c(-c2ccc(OC)cc2)n[nH]c1=S. The van der Waals surface area contributed by atoms with Gasteiger partial charge in [-0.3, -0.25) is 14.5 Å². The molecule has 1 aromatic heterocycles. The number of likely N-dealkylation sites (N-methyl/N-ethyl adjacent to an activating group) is 1. The molecule has 7 nitrogen and oxygen atoms in total. The number of hydrogen-bond acceptors (Lipinski definition) is 5. The Labute approximate surface area is 157 Å². The van der Waals surface area contributed by atoms with E-state index in [1.165, 1.54) is 0 Å². The number of H-pyrrole nitrogens is 1. The van der Waals surface area contributed by atoms with Gasteiger partial charge in [0.25, 0.3) is 0 Å². The summed E-state index contributed by atoms with van der Waals surface area (Å²) in [6, 6.07) is 7.51. The number of methoxy groups -OCH3 is 1. The predicted octanol–water partition coefficient (Wildman–Crippen LogP) is 2.64. The number of amides is 1. The molecule has 1 aliphatic rings. The topological polar surface area (TPSA) is 72.4 Å². The molecule has 1 N–H and O–H groups in total. The van der Waals surface area contributed by atoms with Gasteiger partial charge in [0, 0.05) is 25.3 Å². The maximum absolute atomic E-state index is 12.8. The summed E-state index contributed by atoms with van der Waals surface area (Å²) >= 11 is 5.33. The van der Waals surface area contributed by atoms with Crippen molar-refractivity contribution in [1.82, 2.24) is 19.7 Å². The minimum absolute atomic E-state index is 0.00950. The normalized spacial score (nSPS) is 16.6. The Kier molecular flexibility index (Phi) is 6.05. The van der Waals surface area contributed by atoms with E-state index in [0.717, 1.165) is 30.8 Å². The highest BCUT2D eigenvalue weighted by molar-refractivity contribution is 7.71. The summed E-state index contributed by atoms with van der Waals surface area (Å²) in [5, 5.41) is 7.08. The maximum Gasteiger partial charge on any atom is 0.242 e. The number of nitrogens with zero attached hydrogens (tertiary/aromatic N) is 3. The second-order valence-electron chi connectivity index (χ2n) is 6.23. The first-order chi connectivity index (χ1) is 12.6. The monoisotopic (exact) mass is 376 g/mol. The van der Waals surface area contributed by atoms with Crippen molar-refractivity contribution < 1.29 is 14.3 Å². The van der Waals surface area contributed by atoms with E-state index in [1.807, 2.05) is 36.1 Å². The largest absolute Gasteiger partial charge is 0.497 e. The lowest BCUT2D eigenvalue weighted by Crippen LogP contribution is -2.39. The molecule has 8 heteroatoms. The van der Waals surface area contributed by atoms with Gasteiger partial charge in [-0.05, 0) is 56.2 Å². The summed E-state index contributed by atoms with van der Waals surface area (Å²) in [5.41, 5.74) is 0.869. The van der Waals surface area contributed by atoms with Gasteiger partial charge in [0.2, 0.25) is 5.91 Å². The molecule has 2 heterocycles. The molecule has 0 saturated carbocycles. The third-order valence-corrected chi connectivity index (χ3v) is 4.89. The van der Waals surface area contributed by atoms with Gasteiger partial charge in [-0.2, -0.15) is 5.10 Å². The van der Waals surface area contributed by atoms with Gasteiger partial charge >= 0.3 is 0 Å². The highest BCUT2D eigenvalue weighted by Crippen LogP contribution is 2.21. The van der Waals surface area contributed by atoms with Crippen LogP contribution in [0.1, 0.15) is 19.8 Å². The van der Waals surface area contributed by atoms with E-state index in [1.54, 1.807) is 11.7 Å². The Morgan fingerprint density at radius 2 is 2.23 bits per heavy atom. The van der Waals surface area contributed by atoms with E-state index in [0.29, 0.717) is 23.7 Å². The van der Waals surface area contributed by atoms with Crippen molar-refractivity contribution in [2.24, 2.45) is 0 Å². The Bertz CT molecular complexity index is 794. The van der Waals surface area contributed by atoms with Crippen LogP contribution in [0.4, 0.5) is 0 Å². The van der Waals surface area contributed by atoms with E-state index in [4.69, 9.17) is 21.7 Å². The molecule has 3 rings (SSSR count). The Balaban J connectivity index is 1.76. The van der Waals surface area contributed by atoms with Crippen LogP contribution in [0.15, 0.2) is 24.3 Å². The molecule has 1 aliphatic heterocycles. The molecular weight excluding hydrogens is 352 g/mol. The fourth-order valence-electron chi connectivity index (χ4n) is 3.10. The second kappa shape index (κ2) is 8.46. The smallest absolute Gasteiger partial charge is 0.242 e. The molecule has 1 aromatic carbocycles. The lowest BCUT2D eigenvalue weighted by molar-refractivity contribution is -0.133. The molecule has 0 bridgehead atoms. The maximum atomic E-state index is 12.8. The van der Waals surface area contributed by atoms with Gasteiger partial charge in [-0.15, -0.1) is 0 Å². The number of nitrogens with one attached hydrogen (secondary N) is 1. The van der Waals surface area contributed by atoms with Crippen molar-refractivity contribution in [3.8, 4) is 17.1 Å². The van der Waals surface area contributed by atoms with Crippen LogP contribution in [0.2, 0.25) is 0 Å². The van der Waals surface area contributed by atoms with Crippen molar-refractivity contribution in [1.29, 1.82) is 0 Å². The third kappa shape index (κ3) is 4.13. The molecule has 2 aromatic rings. The number of aromatic nitrogens is 3. The van der Waals surface area contributed by atoms with Crippen LogP contribution in [0.3, 0.4) is 0 Å². The summed E-state index contributed by atoms with van der Waals surface area (Å²) in [6.07, 6.45) is 2.20. The first-order valence-electron chi connectivity index (χ1n) is 8.81. The first kappa shape index (κ1) is 18.6. The van der Waals surface area contributed by atoms with Crippen LogP contribution in [-0.4, -0.2) is 58.5 Å². The van der Waals surface area contributed by atoms with Gasteiger partial charge in [-0.25, -0.2) is 0 Å². The molecule has 1 atom stereocenters. The van der Waals surface area contributed by atoms with E-state index < -0.39 is 0 Å². The van der Waals surface area contributed by atoms with Gasteiger partial charge in [-0.1, -0.05) is 0 Å². The molecular formula is C18H24N4O3S. The average molecular weight is 376 g/mol. The number of carbonyl (C=O) groups is 1. The van der Waals surface area contributed by atoms with Gasteiger partial charge in [0.05, 0.1) is 13.2 Å². The summed E-state index contributed by atoms with van der Waals surface area (Å²) in [4.78, 5) is 14.6. The summed E-state index contributed by atoms with van der Waals surface area (Å²) in [6.45, 7) is 4.17. The Morgan fingerprint density at radius 3 is 2.85 bits per heavy atom. The van der Waals surface area contributed by atoms with Crippen molar-refractivity contribution in [3.05, 3.63) is 29.0 Å². The zero-order valence-corrected chi connectivity index (χ0v) is 15.9. The van der Waals surface area contributed by atoms with Gasteiger partial charge in [0.15, 0.2) is 10.6 Å². The van der Waals surface area contributed by atoms with Crippen LogP contribution < -0.4 is 4.74 Å². The lowest BCUT2D eigenvalue weighted by Gasteiger charge is -2.24. The number of hydrogen-bond donors (Lipinski definition) is 1. The van der Waals surface area contributed by atoms with Crippen LogP contribution in [-0.2, 0) is 16.1 Å². The third-order valence-electron chi connectivity index (χ3n) is 4.58. The predicted molar refractivity (Wildman–Crippen MR) is 101 cm³/mol. The minimum atomic E-state index is 0.00950. The lowest BCUT2D eigenvalue weighted by atomic mass is 10.2. The van der Waals surface area contributed by atoms with Crippen LogP contribution >= 0.6 is 12.2 Å². The van der Waals surface area contributed by atoms with Crippen molar-refractivity contribution in [2.75, 3.05) is 26.8 Å². The Morgan fingerprint density at radius 1 is 1.46 bits per heavy atom. The van der Waals surface area contributed by atoms with Crippen LogP contribution in [0, 0.1) is 4.77 Å². The van der Waals surface area contributed by atoms with Crippen molar-refractivity contribution in [2.45, 2.75) is 32.4 Å². The van der Waals surface area contributed by atoms with Crippen molar-refractivity contribution >= 4 is 18.1 Å². The molecule has 1 amide bonds.